The van der Waals surface area contributed by atoms with Crippen molar-refractivity contribution in [3.8, 4) is 0 Å². The minimum Gasteiger partial charge on any atom is -0.380 e. The first kappa shape index (κ1) is 7.03. The quantitative estimate of drug-likeness (QED) is 0.614. The molecule has 9 heavy (non-hydrogen) atoms. The second kappa shape index (κ2) is 2.67. The summed E-state index contributed by atoms with van der Waals surface area (Å²) >= 11 is 0. The van der Waals surface area contributed by atoms with Crippen molar-refractivity contribution < 1.29 is 4.74 Å². The van der Waals surface area contributed by atoms with E-state index in [0.717, 1.165) is 26.1 Å². The van der Waals surface area contributed by atoms with Crippen LogP contribution in [0.4, 0.5) is 0 Å². The van der Waals surface area contributed by atoms with Crippen LogP contribution < -0.4 is 5.73 Å². The van der Waals surface area contributed by atoms with E-state index in [-0.39, 0.29) is 5.54 Å². The lowest BCUT2D eigenvalue weighted by atomic mass is 9.78. The van der Waals surface area contributed by atoms with Crippen LogP contribution in [-0.4, -0.2) is 18.8 Å². The van der Waals surface area contributed by atoms with Gasteiger partial charge in [-0.05, 0) is 26.2 Å². The summed E-state index contributed by atoms with van der Waals surface area (Å²) in [7, 11) is 0. The molecule has 1 fully saturated rings. The van der Waals surface area contributed by atoms with Gasteiger partial charge in [0.05, 0.1) is 6.61 Å². The predicted molar refractivity (Wildman–Crippen MR) is 37.3 cm³/mol. The van der Waals surface area contributed by atoms with E-state index in [1.54, 1.807) is 0 Å². The average Bonchev–Trinajstić information content (AvgIpc) is 1.79. The van der Waals surface area contributed by atoms with E-state index in [9.17, 15) is 0 Å². The first-order valence-electron chi connectivity index (χ1n) is 3.63. The summed E-state index contributed by atoms with van der Waals surface area (Å²) in [5, 5.41) is 0. The van der Waals surface area contributed by atoms with E-state index in [2.05, 4.69) is 0 Å². The van der Waals surface area contributed by atoms with Gasteiger partial charge in [-0.3, -0.25) is 0 Å². The van der Waals surface area contributed by atoms with E-state index < -0.39 is 0 Å². The molecule has 1 aliphatic carbocycles. The summed E-state index contributed by atoms with van der Waals surface area (Å²) in [4.78, 5) is 0. The molecule has 0 heterocycles. The Balaban J connectivity index is 2.09. The smallest absolute Gasteiger partial charge is 0.0646 e. The first-order valence-corrected chi connectivity index (χ1v) is 3.63. The van der Waals surface area contributed by atoms with Crippen LogP contribution in [-0.2, 0) is 4.74 Å². The summed E-state index contributed by atoms with van der Waals surface area (Å²) in [6.07, 6.45) is 3.57. The Labute approximate surface area is 56.4 Å². The Hall–Kier alpha value is -0.0800. The van der Waals surface area contributed by atoms with Crippen LogP contribution in [0.3, 0.4) is 0 Å². The second-order valence-corrected chi connectivity index (χ2v) is 2.85. The molecule has 0 saturated heterocycles. The van der Waals surface area contributed by atoms with Gasteiger partial charge in [-0.15, -0.1) is 0 Å². The van der Waals surface area contributed by atoms with Gasteiger partial charge in [-0.2, -0.15) is 0 Å². The third-order valence-electron chi connectivity index (χ3n) is 1.94. The van der Waals surface area contributed by atoms with Crippen molar-refractivity contribution in [1.82, 2.24) is 0 Å². The largest absolute Gasteiger partial charge is 0.380 e. The van der Waals surface area contributed by atoms with Gasteiger partial charge < -0.3 is 10.5 Å². The highest BCUT2D eigenvalue weighted by Crippen LogP contribution is 2.28. The molecule has 0 spiro atoms. The number of hydrogen-bond acceptors (Lipinski definition) is 2. The molecule has 54 valence electrons. The highest BCUT2D eigenvalue weighted by Gasteiger charge is 2.32. The molecule has 2 heteroatoms. The van der Waals surface area contributed by atoms with Gasteiger partial charge in [0, 0.05) is 12.1 Å². The molecule has 0 bridgehead atoms. The molecule has 0 unspecified atom stereocenters. The summed E-state index contributed by atoms with van der Waals surface area (Å²) in [6.45, 7) is 3.55. The molecule has 1 saturated carbocycles. The highest BCUT2D eigenvalue weighted by molar-refractivity contribution is 4.92. The van der Waals surface area contributed by atoms with E-state index in [0.29, 0.717) is 0 Å². The third kappa shape index (κ3) is 1.66. The van der Waals surface area contributed by atoms with E-state index in [1.807, 2.05) is 6.92 Å². The van der Waals surface area contributed by atoms with Gasteiger partial charge in [0.15, 0.2) is 0 Å². The van der Waals surface area contributed by atoms with Gasteiger partial charge in [0.2, 0.25) is 0 Å². The maximum absolute atomic E-state index is 5.86. The molecule has 2 N–H and O–H groups in total. The molecule has 1 aliphatic rings. The lowest BCUT2D eigenvalue weighted by molar-refractivity contribution is 0.0573. The topological polar surface area (TPSA) is 35.2 Å². The SMILES string of the molecule is CCOCC1(N)CCC1. The lowest BCUT2D eigenvalue weighted by Gasteiger charge is -2.37. The van der Waals surface area contributed by atoms with Gasteiger partial charge in [0.1, 0.15) is 0 Å². The zero-order chi connectivity index (χ0) is 6.74. The van der Waals surface area contributed by atoms with Gasteiger partial charge >= 0.3 is 0 Å². The maximum Gasteiger partial charge on any atom is 0.0646 e. The van der Waals surface area contributed by atoms with Gasteiger partial charge in [-0.25, -0.2) is 0 Å². The molecular formula is C7H15NO. The summed E-state index contributed by atoms with van der Waals surface area (Å²) in [6, 6.07) is 0. The second-order valence-electron chi connectivity index (χ2n) is 2.85. The Bertz CT molecular complexity index is 88.9. The van der Waals surface area contributed by atoms with Crippen molar-refractivity contribution in [3.63, 3.8) is 0 Å². The molecule has 0 aliphatic heterocycles. The molecule has 1 rings (SSSR count). The van der Waals surface area contributed by atoms with E-state index >= 15 is 0 Å². The van der Waals surface area contributed by atoms with Gasteiger partial charge in [-0.1, -0.05) is 0 Å². The van der Waals surface area contributed by atoms with Crippen LogP contribution >= 0.6 is 0 Å². The molecule has 0 amide bonds. The lowest BCUT2D eigenvalue weighted by Crippen LogP contribution is -2.50. The number of nitrogens with two attached hydrogens (primary N) is 1. The number of hydrogen-bond donors (Lipinski definition) is 1. The Morgan fingerprint density at radius 1 is 1.56 bits per heavy atom. The zero-order valence-corrected chi connectivity index (χ0v) is 6.02. The monoisotopic (exact) mass is 129 g/mol. The molecule has 2 nitrogen and oxygen atoms in total. The fourth-order valence-electron chi connectivity index (χ4n) is 1.08. The van der Waals surface area contributed by atoms with Crippen molar-refractivity contribution >= 4 is 0 Å². The third-order valence-corrected chi connectivity index (χ3v) is 1.94. The first-order chi connectivity index (χ1) is 4.27. The summed E-state index contributed by atoms with van der Waals surface area (Å²) in [5.74, 6) is 0. The standard InChI is InChI=1S/C7H15NO/c1-2-9-6-7(8)4-3-5-7/h2-6,8H2,1H3. The Morgan fingerprint density at radius 2 is 2.22 bits per heavy atom. The van der Waals surface area contributed by atoms with Crippen LogP contribution in [0, 0.1) is 0 Å². The van der Waals surface area contributed by atoms with Crippen molar-refractivity contribution in [2.45, 2.75) is 31.7 Å². The van der Waals surface area contributed by atoms with Crippen LogP contribution in [0.15, 0.2) is 0 Å². The number of rotatable bonds is 3. The molecule has 0 aromatic carbocycles. The average molecular weight is 129 g/mol. The molecule has 0 radical (unpaired) electrons. The fraction of sp³-hybridized carbons (Fsp3) is 1.00. The normalized spacial score (nSPS) is 23.3. The van der Waals surface area contributed by atoms with Crippen LogP contribution in [0.25, 0.3) is 0 Å². The van der Waals surface area contributed by atoms with Crippen LogP contribution in [0.5, 0.6) is 0 Å². The predicted octanol–water partition coefficient (Wildman–Crippen LogP) is 0.904. The highest BCUT2D eigenvalue weighted by atomic mass is 16.5. The minimum absolute atomic E-state index is 0.0516. The van der Waals surface area contributed by atoms with Crippen LogP contribution in [0.1, 0.15) is 26.2 Å². The maximum atomic E-state index is 5.86. The molecule has 0 aromatic heterocycles. The van der Waals surface area contributed by atoms with Crippen molar-refractivity contribution in [2.24, 2.45) is 5.73 Å². The summed E-state index contributed by atoms with van der Waals surface area (Å²) in [5.41, 5.74) is 5.92. The summed E-state index contributed by atoms with van der Waals surface area (Å²) < 4.78 is 5.22. The van der Waals surface area contributed by atoms with Crippen LogP contribution in [0.2, 0.25) is 0 Å². The van der Waals surface area contributed by atoms with Crippen molar-refractivity contribution in [3.05, 3.63) is 0 Å². The molecule has 0 atom stereocenters. The number of ether oxygens (including phenoxy) is 1. The van der Waals surface area contributed by atoms with Crippen molar-refractivity contribution in [2.75, 3.05) is 13.2 Å². The van der Waals surface area contributed by atoms with Crippen molar-refractivity contribution in [1.29, 1.82) is 0 Å². The Morgan fingerprint density at radius 3 is 2.56 bits per heavy atom. The zero-order valence-electron chi connectivity index (χ0n) is 6.02. The fourth-order valence-corrected chi connectivity index (χ4v) is 1.08. The minimum atomic E-state index is 0.0516. The van der Waals surface area contributed by atoms with Gasteiger partial charge in [0.25, 0.3) is 0 Å². The van der Waals surface area contributed by atoms with E-state index in [4.69, 9.17) is 10.5 Å². The molecular weight excluding hydrogens is 114 g/mol. The van der Waals surface area contributed by atoms with E-state index in [1.165, 1.54) is 6.42 Å². The Kier molecular flexibility index (Phi) is 2.09. The molecule has 0 aromatic rings.